The van der Waals surface area contributed by atoms with Crippen LogP contribution < -0.4 is 5.32 Å². The van der Waals surface area contributed by atoms with Gasteiger partial charge in [0, 0.05) is 16.9 Å². The Morgan fingerprint density at radius 1 is 1.44 bits per heavy atom. The summed E-state index contributed by atoms with van der Waals surface area (Å²) in [7, 11) is 0. The summed E-state index contributed by atoms with van der Waals surface area (Å²) in [5.41, 5.74) is 1.02. The van der Waals surface area contributed by atoms with Crippen LogP contribution in [0.25, 0.3) is 0 Å². The zero-order valence-corrected chi connectivity index (χ0v) is 10.7. The number of nitro groups is 1. The van der Waals surface area contributed by atoms with Gasteiger partial charge in [0.15, 0.2) is 5.78 Å². The number of ketones is 1. The van der Waals surface area contributed by atoms with Crippen LogP contribution in [-0.4, -0.2) is 16.9 Å². The Bertz CT molecular complexity index is 432. The highest BCUT2D eigenvalue weighted by Gasteiger charge is 2.20. The molecule has 0 radical (unpaired) electrons. The minimum Gasteiger partial charge on any atom is -0.323 e. The minimum atomic E-state index is -0.842. The fourth-order valence-corrected chi connectivity index (χ4v) is 1.72. The Hall–Kier alpha value is -1.91. The molecule has 0 heterocycles. The molecule has 0 amide bonds. The average Bonchev–Trinajstić information content (AvgIpc) is 2.34. The largest absolute Gasteiger partial charge is 0.323 e. The molecule has 1 aromatic carbocycles. The number of Topliss-reactive ketones (excluding diaryl/α,β-unsaturated/α-hetero) is 1. The zero-order chi connectivity index (χ0) is 13.5. The van der Waals surface area contributed by atoms with Gasteiger partial charge >= 0.3 is 0 Å². The number of unbranched alkanes of at least 4 members (excludes halogenated alkanes) is 1. The van der Waals surface area contributed by atoms with E-state index in [1.807, 2.05) is 6.92 Å². The van der Waals surface area contributed by atoms with Crippen LogP contribution in [0.1, 0.15) is 43.5 Å². The number of nitrogens with zero attached hydrogens (tertiary/aromatic N) is 1. The molecule has 0 spiro atoms. The van der Waals surface area contributed by atoms with Gasteiger partial charge in [0.25, 0.3) is 6.17 Å². The third-order valence-corrected chi connectivity index (χ3v) is 2.71. The number of benzene rings is 1. The molecule has 1 unspecified atom stereocenters. The lowest BCUT2D eigenvalue weighted by atomic mass is 10.1. The number of rotatable bonds is 7. The first-order chi connectivity index (χ1) is 8.56. The number of nitrogens with one attached hydrogen (secondary N) is 1. The van der Waals surface area contributed by atoms with Gasteiger partial charge in [0.2, 0.25) is 0 Å². The highest BCUT2D eigenvalue weighted by Crippen LogP contribution is 2.18. The SMILES string of the molecule is CCCCC(Nc1ccccc1C(C)=O)[N+](=O)[O-]. The molecule has 0 fully saturated rings. The van der Waals surface area contributed by atoms with Gasteiger partial charge in [-0.05, 0) is 25.5 Å². The average molecular weight is 250 g/mol. The van der Waals surface area contributed by atoms with Gasteiger partial charge in [0.1, 0.15) is 0 Å². The van der Waals surface area contributed by atoms with Gasteiger partial charge in [-0.1, -0.05) is 25.5 Å². The van der Waals surface area contributed by atoms with E-state index in [1.165, 1.54) is 6.92 Å². The molecule has 98 valence electrons. The monoisotopic (exact) mass is 250 g/mol. The van der Waals surface area contributed by atoms with Gasteiger partial charge in [-0.25, -0.2) is 0 Å². The molecule has 0 bridgehead atoms. The molecule has 18 heavy (non-hydrogen) atoms. The molecule has 1 atom stereocenters. The Kier molecular flexibility index (Phi) is 5.30. The Morgan fingerprint density at radius 2 is 2.11 bits per heavy atom. The van der Waals surface area contributed by atoms with Crippen molar-refractivity contribution in [2.45, 2.75) is 39.3 Å². The van der Waals surface area contributed by atoms with Crippen molar-refractivity contribution in [1.82, 2.24) is 0 Å². The van der Waals surface area contributed by atoms with Gasteiger partial charge in [-0.2, -0.15) is 0 Å². The smallest absolute Gasteiger partial charge is 0.284 e. The van der Waals surface area contributed by atoms with E-state index < -0.39 is 6.17 Å². The number of para-hydroxylation sites is 1. The lowest BCUT2D eigenvalue weighted by Crippen LogP contribution is -2.29. The van der Waals surface area contributed by atoms with Gasteiger partial charge < -0.3 is 5.32 Å². The van der Waals surface area contributed by atoms with Crippen molar-refractivity contribution in [2.75, 3.05) is 5.32 Å². The third-order valence-electron chi connectivity index (χ3n) is 2.71. The molecule has 0 aliphatic heterocycles. The fourth-order valence-electron chi connectivity index (χ4n) is 1.72. The second-order valence-electron chi connectivity index (χ2n) is 4.19. The quantitative estimate of drug-likeness (QED) is 0.349. The van der Waals surface area contributed by atoms with Crippen LogP contribution in [0.5, 0.6) is 0 Å². The maximum absolute atomic E-state index is 11.4. The lowest BCUT2D eigenvalue weighted by Gasteiger charge is -2.14. The molecule has 0 aliphatic rings. The van der Waals surface area contributed by atoms with Crippen molar-refractivity contribution in [3.63, 3.8) is 0 Å². The molecule has 1 N–H and O–H groups in total. The van der Waals surface area contributed by atoms with E-state index in [0.29, 0.717) is 17.7 Å². The summed E-state index contributed by atoms with van der Waals surface area (Å²) in [4.78, 5) is 22.0. The second kappa shape index (κ2) is 6.74. The fraction of sp³-hybridized carbons (Fsp3) is 0.462. The molecule has 5 nitrogen and oxygen atoms in total. The summed E-state index contributed by atoms with van der Waals surface area (Å²) in [6.45, 7) is 3.44. The highest BCUT2D eigenvalue weighted by molar-refractivity contribution is 5.99. The number of hydrogen-bond donors (Lipinski definition) is 1. The standard InChI is InChI=1S/C13H18N2O3/c1-3-4-9-13(15(17)18)14-12-8-6-5-7-11(12)10(2)16/h5-8,13-14H,3-4,9H2,1-2H3. The Labute approximate surface area is 106 Å². The summed E-state index contributed by atoms with van der Waals surface area (Å²) in [5, 5.41) is 13.8. The van der Waals surface area contributed by atoms with Crippen LogP contribution in [0.4, 0.5) is 5.69 Å². The molecule has 5 heteroatoms. The van der Waals surface area contributed by atoms with Crippen LogP contribution in [-0.2, 0) is 0 Å². The van der Waals surface area contributed by atoms with Crippen LogP contribution in [0.15, 0.2) is 24.3 Å². The van der Waals surface area contributed by atoms with E-state index >= 15 is 0 Å². The molecule has 1 rings (SSSR count). The van der Waals surface area contributed by atoms with E-state index in [9.17, 15) is 14.9 Å². The first-order valence-corrected chi connectivity index (χ1v) is 6.06. The first-order valence-electron chi connectivity index (χ1n) is 6.06. The van der Waals surface area contributed by atoms with Crippen LogP contribution in [0, 0.1) is 10.1 Å². The molecular formula is C13H18N2O3. The van der Waals surface area contributed by atoms with E-state index in [4.69, 9.17) is 0 Å². The summed E-state index contributed by atoms with van der Waals surface area (Å²) >= 11 is 0. The number of anilines is 1. The first kappa shape index (κ1) is 14.2. The molecule has 1 aromatic rings. The molecule has 0 aliphatic carbocycles. The summed E-state index contributed by atoms with van der Waals surface area (Å²) in [6, 6.07) is 6.86. The van der Waals surface area contributed by atoms with Gasteiger partial charge in [0.05, 0.1) is 5.69 Å². The summed E-state index contributed by atoms with van der Waals surface area (Å²) in [6.07, 6.45) is 1.29. The number of carbonyl (C=O) groups excluding carboxylic acids is 1. The normalized spacial score (nSPS) is 11.9. The molecule has 0 aromatic heterocycles. The third kappa shape index (κ3) is 3.84. The zero-order valence-electron chi connectivity index (χ0n) is 10.7. The maximum Gasteiger partial charge on any atom is 0.284 e. The summed E-state index contributed by atoms with van der Waals surface area (Å²) in [5.74, 6) is -0.101. The molecule has 0 saturated heterocycles. The molecule has 0 saturated carbocycles. The Morgan fingerprint density at radius 3 is 2.67 bits per heavy atom. The van der Waals surface area contributed by atoms with Gasteiger partial charge in [-0.3, -0.25) is 14.9 Å². The van der Waals surface area contributed by atoms with E-state index in [0.717, 1.165) is 12.8 Å². The summed E-state index contributed by atoms with van der Waals surface area (Å²) < 4.78 is 0. The van der Waals surface area contributed by atoms with Crippen molar-refractivity contribution >= 4 is 11.5 Å². The van der Waals surface area contributed by atoms with Crippen molar-refractivity contribution < 1.29 is 9.72 Å². The number of carbonyl (C=O) groups is 1. The van der Waals surface area contributed by atoms with E-state index in [1.54, 1.807) is 24.3 Å². The predicted octanol–water partition coefficient (Wildman–Crippen LogP) is 3.09. The maximum atomic E-state index is 11.4. The topological polar surface area (TPSA) is 72.2 Å². The minimum absolute atomic E-state index is 0.101. The predicted molar refractivity (Wildman–Crippen MR) is 70.4 cm³/mol. The lowest BCUT2D eigenvalue weighted by molar-refractivity contribution is -0.515. The van der Waals surface area contributed by atoms with E-state index in [-0.39, 0.29) is 10.7 Å². The van der Waals surface area contributed by atoms with Crippen molar-refractivity contribution in [3.05, 3.63) is 39.9 Å². The van der Waals surface area contributed by atoms with Crippen molar-refractivity contribution in [2.24, 2.45) is 0 Å². The van der Waals surface area contributed by atoms with Crippen molar-refractivity contribution in [3.8, 4) is 0 Å². The Balaban J connectivity index is 2.86. The number of hydrogen-bond acceptors (Lipinski definition) is 4. The highest BCUT2D eigenvalue weighted by atomic mass is 16.6. The van der Waals surface area contributed by atoms with Crippen LogP contribution >= 0.6 is 0 Å². The van der Waals surface area contributed by atoms with Crippen LogP contribution in [0.2, 0.25) is 0 Å². The van der Waals surface area contributed by atoms with Gasteiger partial charge in [-0.15, -0.1) is 0 Å². The van der Waals surface area contributed by atoms with Crippen LogP contribution in [0.3, 0.4) is 0 Å². The van der Waals surface area contributed by atoms with Crippen molar-refractivity contribution in [1.29, 1.82) is 0 Å². The second-order valence-corrected chi connectivity index (χ2v) is 4.19. The van der Waals surface area contributed by atoms with E-state index in [2.05, 4.69) is 5.32 Å². The molecular weight excluding hydrogens is 232 g/mol.